The highest BCUT2D eigenvalue weighted by Crippen LogP contribution is 2.43. The van der Waals surface area contributed by atoms with Gasteiger partial charge in [0.15, 0.2) is 0 Å². The molecule has 1 aromatic heterocycles. The van der Waals surface area contributed by atoms with E-state index in [1.54, 1.807) is 0 Å². The molecule has 2 saturated carbocycles. The molecule has 4 nitrogen and oxygen atoms in total. The van der Waals surface area contributed by atoms with E-state index in [1.807, 2.05) is 0 Å². The predicted octanol–water partition coefficient (Wildman–Crippen LogP) is 3.88. The number of hydrogen-bond donors (Lipinski definition) is 0. The van der Waals surface area contributed by atoms with Crippen LogP contribution in [0.2, 0.25) is 0 Å². The molecule has 24 heavy (non-hydrogen) atoms. The summed E-state index contributed by atoms with van der Waals surface area (Å²) in [7, 11) is 0. The summed E-state index contributed by atoms with van der Waals surface area (Å²) in [6, 6.07) is 8.87. The Hall–Kier alpha value is -1.84. The summed E-state index contributed by atoms with van der Waals surface area (Å²) in [5.74, 6) is 2.91. The molecule has 0 bridgehead atoms. The second-order valence-corrected chi connectivity index (χ2v) is 7.91. The Morgan fingerprint density at radius 1 is 1.08 bits per heavy atom. The number of carbonyl (C=O) groups excluding carboxylic acids is 1. The number of aromatic nitrogens is 2. The van der Waals surface area contributed by atoms with Crippen molar-refractivity contribution in [3.8, 4) is 0 Å². The summed E-state index contributed by atoms with van der Waals surface area (Å²) >= 11 is 0. The van der Waals surface area contributed by atoms with Crippen LogP contribution in [0.1, 0.15) is 62.7 Å². The average molecular weight is 323 g/mol. The van der Waals surface area contributed by atoms with Crippen LogP contribution in [0.15, 0.2) is 24.3 Å². The van der Waals surface area contributed by atoms with Gasteiger partial charge in [-0.2, -0.15) is 0 Å². The van der Waals surface area contributed by atoms with Crippen molar-refractivity contribution in [3.63, 3.8) is 0 Å². The Bertz CT molecular complexity index is 764. The molecule has 0 unspecified atom stereocenters. The lowest BCUT2D eigenvalue weighted by atomic mass is 10.0. The lowest BCUT2D eigenvalue weighted by Crippen LogP contribution is -2.51. The molecule has 126 valence electrons. The van der Waals surface area contributed by atoms with Crippen molar-refractivity contribution in [1.29, 1.82) is 0 Å². The third-order valence-electron chi connectivity index (χ3n) is 6.08. The van der Waals surface area contributed by atoms with Gasteiger partial charge in [0.25, 0.3) is 0 Å². The zero-order valence-corrected chi connectivity index (χ0v) is 14.2. The van der Waals surface area contributed by atoms with Crippen molar-refractivity contribution in [3.05, 3.63) is 30.1 Å². The molecule has 0 atom stereocenters. The molecular weight excluding hydrogens is 298 g/mol. The SMILES string of the molecule is O=C(CC1CCCC1)N1CC(n2c(C3CC3)nc3ccccc32)C1. The summed E-state index contributed by atoms with van der Waals surface area (Å²) < 4.78 is 2.44. The highest BCUT2D eigenvalue weighted by Gasteiger charge is 2.38. The van der Waals surface area contributed by atoms with E-state index in [4.69, 9.17) is 4.98 Å². The van der Waals surface area contributed by atoms with Gasteiger partial charge in [0.05, 0.1) is 17.1 Å². The lowest BCUT2D eigenvalue weighted by molar-refractivity contribution is -0.137. The van der Waals surface area contributed by atoms with Crippen LogP contribution >= 0.6 is 0 Å². The van der Waals surface area contributed by atoms with E-state index in [2.05, 4.69) is 33.7 Å². The van der Waals surface area contributed by atoms with Crippen molar-refractivity contribution in [2.45, 2.75) is 56.9 Å². The van der Waals surface area contributed by atoms with Crippen molar-refractivity contribution in [1.82, 2.24) is 14.5 Å². The lowest BCUT2D eigenvalue weighted by Gasteiger charge is -2.41. The van der Waals surface area contributed by atoms with E-state index in [9.17, 15) is 4.79 Å². The summed E-state index contributed by atoms with van der Waals surface area (Å²) in [4.78, 5) is 19.4. The van der Waals surface area contributed by atoms with E-state index in [-0.39, 0.29) is 0 Å². The van der Waals surface area contributed by atoms with Crippen LogP contribution in [0.3, 0.4) is 0 Å². The smallest absolute Gasteiger partial charge is 0.222 e. The van der Waals surface area contributed by atoms with Gasteiger partial charge in [-0.3, -0.25) is 4.79 Å². The Morgan fingerprint density at radius 3 is 2.58 bits per heavy atom. The summed E-state index contributed by atoms with van der Waals surface area (Å²) in [5, 5.41) is 0. The average Bonchev–Trinajstić information content (AvgIpc) is 3.14. The van der Waals surface area contributed by atoms with Crippen molar-refractivity contribution >= 4 is 16.9 Å². The molecular formula is C20H25N3O. The number of fused-ring (bicyclic) bond motifs is 1. The molecule has 1 aromatic carbocycles. The minimum Gasteiger partial charge on any atom is -0.338 e. The fraction of sp³-hybridized carbons (Fsp3) is 0.600. The summed E-state index contributed by atoms with van der Waals surface area (Å²) in [6.45, 7) is 1.73. The zero-order valence-electron chi connectivity index (χ0n) is 14.2. The molecule has 5 rings (SSSR count). The molecule has 0 N–H and O–H groups in total. The molecule has 2 heterocycles. The number of hydrogen-bond acceptors (Lipinski definition) is 2. The summed E-state index contributed by atoms with van der Waals surface area (Å²) in [5.41, 5.74) is 2.35. The number of imidazole rings is 1. The molecule has 2 aromatic rings. The van der Waals surface area contributed by atoms with Gasteiger partial charge < -0.3 is 9.47 Å². The number of rotatable bonds is 4. The van der Waals surface area contributed by atoms with E-state index in [0.29, 0.717) is 23.8 Å². The number of amides is 1. The maximum Gasteiger partial charge on any atom is 0.222 e. The monoisotopic (exact) mass is 323 g/mol. The minimum absolute atomic E-state index is 0.371. The topological polar surface area (TPSA) is 38.1 Å². The number of carbonyl (C=O) groups is 1. The van der Waals surface area contributed by atoms with Gasteiger partial charge in [-0.25, -0.2) is 4.98 Å². The van der Waals surface area contributed by atoms with Crippen molar-refractivity contribution in [2.75, 3.05) is 13.1 Å². The minimum atomic E-state index is 0.371. The fourth-order valence-corrected chi connectivity index (χ4v) is 4.49. The summed E-state index contributed by atoms with van der Waals surface area (Å²) in [6.07, 6.45) is 8.42. The quantitative estimate of drug-likeness (QED) is 0.856. The van der Waals surface area contributed by atoms with Gasteiger partial charge in [0.2, 0.25) is 5.91 Å². The van der Waals surface area contributed by atoms with Crippen LogP contribution in [0.5, 0.6) is 0 Å². The number of likely N-dealkylation sites (tertiary alicyclic amines) is 1. The van der Waals surface area contributed by atoms with Crippen LogP contribution < -0.4 is 0 Å². The van der Waals surface area contributed by atoms with E-state index in [1.165, 1.54) is 49.9 Å². The first-order chi connectivity index (χ1) is 11.8. The first-order valence-electron chi connectivity index (χ1n) is 9.54. The maximum absolute atomic E-state index is 12.5. The fourth-order valence-electron chi connectivity index (χ4n) is 4.49. The molecule has 0 radical (unpaired) electrons. The Kier molecular flexibility index (Phi) is 3.39. The molecule has 0 spiro atoms. The second-order valence-electron chi connectivity index (χ2n) is 7.91. The van der Waals surface area contributed by atoms with Gasteiger partial charge in [-0.05, 0) is 43.7 Å². The van der Waals surface area contributed by atoms with Gasteiger partial charge in [-0.15, -0.1) is 0 Å². The standard InChI is InChI=1S/C20H25N3O/c24-19(11-14-5-1-2-6-14)22-12-16(13-22)23-18-8-4-3-7-17(18)21-20(23)15-9-10-15/h3-4,7-8,14-16H,1-2,5-6,9-13H2. The number of nitrogens with zero attached hydrogens (tertiary/aromatic N) is 3. The third-order valence-corrected chi connectivity index (χ3v) is 6.08. The molecule has 3 aliphatic rings. The Morgan fingerprint density at radius 2 is 1.83 bits per heavy atom. The first kappa shape index (κ1) is 14.5. The maximum atomic E-state index is 12.5. The molecule has 2 aliphatic carbocycles. The molecule has 1 aliphatic heterocycles. The van der Waals surface area contributed by atoms with Crippen LogP contribution in [0.4, 0.5) is 0 Å². The largest absolute Gasteiger partial charge is 0.338 e. The van der Waals surface area contributed by atoms with E-state index >= 15 is 0 Å². The molecule has 1 amide bonds. The van der Waals surface area contributed by atoms with Gasteiger partial charge >= 0.3 is 0 Å². The van der Waals surface area contributed by atoms with Crippen LogP contribution in [-0.2, 0) is 4.79 Å². The normalized spacial score (nSPS) is 22.2. The van der Waals surface area contributed by atoms with Gasteiger partial charge in [0, 0.05) is 25.4 Å². The molecule has 3 fully saturated rings. The van der Waals surface area contributed by atoms with Gasteiger partial charge in [0.1, 0.15) is 5.82 Å². The zero-order chi connectivity index (χ0) is 16.1. The molecule has 4 heteroatoms. The second kappa shape index (κ2) is 5.61. The van der Waals surface area contributed by atoms with Crippen LogP contribution in [-0.4, -0.2) is 33.4 Å². The Labute approximate surface area is 142 Å². The van der Waals surface area contributed by atoms with Crippen LogP contribution in [0.25, 0.3) is 11.0 Å². The van der Waals surface area contributed by atoms with Crippen molar-refractivity contribution < 1.29 is 4.79 Å². The highest BCUT2D eigenvalue weighted by molar-refractivity contribution is 5.79. The van der Waals surface area contributed by atoms with Crippen LogP contribution in [0, 0.1) is 5.92 Å². The highest BCUT2D eigenvalue weighted by atomic mass is 16.2. The van der Waals surface area contributed by atoms with Gasteiger partial charge in [-0.1, -0.05) is 25.0 Å². The van der Waals surface area contributed by atoms with E-state index in [0.717, 1.165) is 25.0 Å². The molecule has 1 saturated heterocycles. The van der Waals surface area contributed by atoms with Crippen molar-refractivity contribution in [2.24, 2.45) is 5.92 Å². The number of para-hydroxylation sites is 2. The van der Waals surface area contributed by atoms with E-state index < -0.39 is 0 Å². The Balaban J connectivity index is 1.32. The first-order valence-corrected chi connectivity index (χ1v) is 9.54. The predicted molar refractivity (Wildman–Crippen MR) is 93.9 cm³/mol. The number of benzene rings is 1. The third kappa shape index (κ3) is 2.43.